The van der Waals surface area contributed by atoms with Crippen LogP contribution in [0.4, 0.5) is 4.79 Å². The minimum absolute atomic E-state index is 0.0528. The summed E-state index contributed by atoms with van der Waals surface area (Å²) in [5.74, 6) is -3.04. The molecular formula is C27H35N5O8. The minimum atomic E-state index is -1.28. The van der Waals surface area contributed by atoms with Gasteiger partial charge in [0.25, 0.3) is 5.91 Å². The molecule has 1 atom stereocenters. The van der Waals surface area contributed by atoms with Gasteiger partial charge in [-0.1, -0.05) is 18.2 Å². The zero-order valence-electron chi connectivity index (χ0n) is 23.1. The molecule has 2 aromatic rings. The summed E-state index contributed by atoms with van der Waals surface area (Å²) in [6.07, 6.45) is -0.661. The molecule has 0 radical (unpaired) electrons. The maximum absolute atomic E-state index is 13.5. The van der Waals surface area contributed by atoms with Gasteiger partial charge in [0.1, 0.15) is 11.6 Å². The molecule has 1 aliphatic rings. The van der Waals surface area contributed by atoms with E-state index < -0.39 is 41.5 Å². The Labute approximate surface area is 232 Å². The maximum atomic E-state index is 13.5. The number of amides is 3. The van der Waals surface area contributed by atoms with E-state index >= 15 is 0 Å². The fourth-order valence-electron chi connectivity index (χ4n) is 4.10. The van der Waals surface area contributed by atoms with Crippen molar-refractivity contribution in [3.05, 3.63) is 47.8 Å². The number of carbonyl (C=O) groups is 5. The average Bonchev–Trinajstić information content (AvgIpc) is 3.37. The number of para-hydroxylation sites is 1. The molecule has 1 aromatic carbocycles. The number of nitrogens with one attached hydrogen (secondary N) is 1. The van der Waals surface area contributed by atoms with E-state index in [1.54, 1.807) is 58.0 Å². The van der Waals surface area contributed by atoms with Crippen molar-refractivity contribution in [2.24, 2.45) is 0 Å². The van der Waals surface area contributed by atoms with Crippen LogP contribution in [0, 0.1) is 0 Å². The predicted octanol–water partition coefficient (Wildman–Crippen LogP) is 2.09. The lowest BCUT2D eigenvalue weighted by atomic mass is 10.1. The zero-order valence-corrected chi connectivity index (χ0v) is 23.1. The Bertz CT molecular complexity index is 1230. The number of benzene rings is 1. The Morgan fingerprint density at radius 3 is 2.23 bits per heavy atom. The molecule has 0 spiro atoms. The number of carboxylic acid groups (broad SMARTS) is 1. The van der Waals surface area contributed by atoms with E-state index in [1.807, 2.05) is 0 Å². The standard InChI is InChI=1S/C27H35N5O8/c1-5-39-26(38)31-15-13-30(14-16-31)24(35)19(11-12-22(33)40-27(2,3)4)28-23(34)20-17-21(25(36)37)32(29-20)18-9-7-6-8-10-18/h6-10,17,19H,5,11-16H2,1-4H3,(H,28,34)(H,36,37)/t19-/m0/s1. The van der Waals surface area contributed by atoms with Crippen molar-refractivity contribution in [1.82, 2.24) is 24.9 Å². The second-order valence-corrected chi connectivity index (χ2v) is 10.1. The van der Waals surface area contributed by atoms with Crippen LogP contribution >= 0.6 is 0 Å². The van der Waals surface area contributed by atoms with Crippen LogP contribution in [0.2, 0.25) is 0 Å². The van der Waals surface area contributed by atoms with Crippen LogP contribution in [0.25, 0.3) is 5.69 Å². The highest BCUT2D eigenvalue weighted by Gasteiger charge is 2.32. The molecule has 1 aromatic heterocycles. The Balaban J connectivity index is 1.78. The summed E-state index contributed by atoms with van der Waals surface area (Å²) in [6, 6.07) is 8.45. The summed E-state index contributed by atoms with van der Waals surface area (Å²) in [6.45, 7) is 8.04. The molecule has 3 amide bonds. The van der Waals surface area contributed by atoms with Crippen molar-refractivity contribution in [2.45, 2.75) is 52.2 Å². The van der Waals surface area contributed by atoms with Gasteiger partial charge in [0.05, 0.1) is 12.3 Å². The lowest BCUT2D eigenvalue weighted by molar-refractivity contribution is -0.155. The average molecular weight is 558 g/mol. The molecule has 13 heteroatoms. The van der Waals surface area contributed by atoms with Gasteiger partial charge in [-0.15, -0.1) is 0 Å². The van der Waals surface area contributed by atoms with Crippen LogP contribution in [-0.4, -0.2) is 99.0 Å². The van der Waals surface area contributed by atoms with Gasteiger partial charge in [0, 0.05) is 38.7 Å². The van der Waals surface area contributed by atoms with Crippen LogP contribution in [0.3, 0.4) is 0 Å². The molecule has 1 saturated heterocycles. The van der Waals surface area contributed by atoms with Crippen molar-refractivity contribution < 1.29 is 38.6 Å². The van der Waals surface area contributed by atoms with Gasteiger partial charge in [-0.25, -0.2) is 14.3 Å². The number of esters is 1. The Hall–Kier alpha value is -4.42. The summed E-state index contributed by atoms with van der Waals surface area (Å²) in [5.41, 5.74) is -0.719. The van der Waals surface area contributed by atoms with E-state index in [1.165, 1.54) is 9.80 Å². The third kappa shape index (κ3) is 8.04. The first-order valence-corrected chi connectivity index (χ1v) is 13.0. The molecule has 0 saturated carbocycles. The van der Waals surface area contributed by atoms with Crippen molar-refractivity contribution in [2.75, 3.05) is 32.8 Å². The first kappa shape index (κ1) is 30.1. The van der Waals surface area contributed by atoms with Gasteiger partial charge in [0.15, 0.2) is 11.4 Å². The molecule has 40 heavy (non-hydrogen) atoms. The van der Waals surface area contributed by atoms with E-state index in [2.05, 4.69) is 10.4 Å². The number of ether oxygens (including phenoxy) is 2. The smallest absolute Gasteiger partial charge is 0.409 e. The topological polar surface area (TPSA) is 160 Å². The van der Waals surface area contributed by atoms with Crippen molar-refractivity contribution in [1.29, 1.82) is 0 Å². The number of aromatic nitrogens is 2. The summed E-state index contributed by atoms with van der Waals surface area (Å²) in [4.78, 5) is 65.9. The van der Waals surface area contributed by atoms with Crippen LogP contribution in [0.1, 0.15) is 61.5 Å². The van der Waals surface area contributed by atoms with Gasteiger partial charge in [-0.05, 0) is 46.2 Å². The molecule has 0 aliphatic carbocycles. The van der Waals surface area contributed by atoms with E-state index in [0.29, 0.717) is 5.69 Å². The van der Waals surface area contributed by atoms with E-state index in [-0.39, 0.29) is 57.0 Å². The predicted molar refractivity (Wildman–Crippen MR) is 142 cm³/mol. The number of aromatic carboxylic acids is 1. The van der Waals surface area contributed by atoms with Gasteiger partial charge in [-0.3, -0.25) is 14.4 Å². The summed E-state index contributed by atoms with van der Waals surface area (Å²) in [7, 11) is 0. The van der Waals surface area contributed by atoms with Crippen LogP contribution in [0.5, 0.6) is 0 Å². The van der Waals surface area contributed by atoms with Gasteiger partial charge in [-0.2, -0.15) is 5.10 Å². The van der Waals surface area contributed by atoms with Gasteiger partial charge in [0.2, 0.25) is 5.91 Å². The Morgan fingerprint density at radius 1 is 1.02 bits per heavy atom. The largest absolute Gasteiger partial charge is 0.477 e. The minimum Gasteiger partial charge on any atom is -0.477 e. The molecule has 13 nitrogen and oxygen atoms in total. The summed E-state index contributed by atoms with van der Waals surface area (Å²) in [5, 5.41) is 16.4. The lowest BCUT2D eigenvalue weighted by Gasteiger charge is -2.36. The SMILES string of the molecule is CCOC(=O)N1CCN(C(=O)[C@H](CCC(=O)OC(C)(C)C)NC(=O)c2cc(C(=O)O)n(-c3ccccc3)n2)CC1. The van der Waals surface area contributed by atoms with Crippen molar-refractivity contribution >= 4 is 29.8 Å². The second kappa shape index (κ2) is 13.1. The number of hydrogen-bond donors (Lipinski definition) is 2. The number of piperazine rings is 1. The molecule has 216 valence electrons. The molecule has 0 unspecified atom stereocenters. The van der Waals surface area contributed by atoms with E-state index in [0.717, 1.165) is 10.7 Å². The monoisotopic (exact) mass is 557 g/mol. The first-order valence-electron chi connectivity index (χ1n) is 13.0. The summed E-state index contributed by atoms with van der Waals surface area (Å²) >= 11 is 0. The maximum Gasteiger partial charge on any atom is 0.409 e. The highest BCUT2D eigenvalue weighted by atomic mass is 16.6. The highest BCUT2D eigenvalue weighted by Crippen LogP contribution is 2.16. The summed E-state index contributed by atoms with van der Waals surface area (Å²) < 4.78 is 11.5. The lowest BCUT2D eigenvalue weighted by Crippen LogP contribution is -2.56. The quantitative estimate of drug-likeness (QED) is 0.440. The normalized spacial score (nSPS) is 14.3. The molecule has 2 N–H and O–H groups in total. The fraction of sp³-hybridized carbons (Fsp3) is 0.481. The second-order valence-electron chi connectivity index (χ2n) is 10.1. The number of nitrogens with zero attached hydrogens (tertiary/aromatic N) is 4. The molecule has 0 bridgehead atoms. The number of hydrogen-bond acceptors (Lipinski definition) is 8. The molecule has 1 aliphatic heterocycles. The number of carboxylic acids is 1. The van der Waals surface area contributed by atoms with E-state index in [9.17, 15) is 29.1 Å². The zero-order chi connectivity index (χ0) is 29.4. The number of rotatable bonds is 9. The fourth-order valence-corrected chi connectivity index (χ4v) is 4.10. The molecule has 2 heterocycles. The third-order valence-corrected chi connectivity index (χ3v) is 5.94. The van der Waals surface area contributed by atoms with Crippen LogP contribution in [-0.2, 0) is 19.1 Å². The molecule has 1 fully saturated rings. The van der Waals surface area contributed by atoms with Crippen molar-refractivity contribution in [3.8, 4) is 5.69 Å². The third-order valence-electron chi connectivity index (χ3n) is 5.94. The molecular weight excluding hydrogens is 522 g/mol. The Kier molecular flexibility index (Phi) is 9.86. The molecule has 3 rings (SSSR count). The van der Waals surface area contributed by atoms with Crippen LogP contribution < -0.4 is 5.32 Å². The van der Waals surface area contributed by atoms with Gasteiger partial charge >= 0.3 is 18.0 Å². The Morgan fingerprint density at radius 2 is 1.65 bits per heavy atom. The number of carbonyl (C=O) groups excluding carboxylic acids is 4. The van der Waals surface area contributed by atoms with E-state index in [4.69, 9.17) is 9.47 Å². The highest BCUT2D eigenvalue weighted by molar-refractivity contribution is 5.98. The van der Waals surface area contributed by atoms with Crippen LogP contribution in [0.15, 0.2) is 36.4 Å². The van der Waals surface area contributed by atoms with Gasteiger partial charge < -0.3 is 29.7 Å². The van der Waals surface area contributed by atoms with Crippen molar-refractivity contribution in [3.63, 3.8) is 0 Å². The first-order chi connectivity index (χ1) is 18.9.